The van der Waals surface area contributed by atoms with Crippen LogP contribution in [0.2, 0.25) is 0 Å². The van der Waals surface area contributed by atoms with Gasteiger partial charge >= 0.3 is 0 Å². The molecule has 0 spiro atoms. The van der Waals surface area contributed by atoms with Gasteiger partial charge < -0.3 is 19.4 Å². The summed E-state index contributed by atoms with van der Waals surface area (Å²) in [7, 11) is 0. The first-order valence-corrected chi connectivity index (χ1v) is 9.41. The molecule has 2 heterocycles. The van der Waals surface area contributed by atoms with Crippen molar-refractivity contribution >= 4 is 16.7 Å². The third kappa shape index (κ3) is 3.83. The molecular formula is C22H24N2O3. The van der Waals surface area contributed by atoms with E-state index in [-0.39, 0.29) is 11.5 Å². The topological polar surface area (TPSA) is 54.7 Å². The summed E-state index contributed by atoms with van der Waals surface area (Å²) in [6, 6.07) is 15.1. The molecule has 0 aliphatic carbocycles. The minimum atomic E-state index is -0.0225. The third-order valence-corrected chi connectivity index (χ3v) is 4.70. The molecule has 1 fully saturated rings. The fourth-order valence-electron chi connectivity index (χ4n) is 3.38. The predicted molar refractivity (Wildman–Crippen MR) is 109 cm³/mol. The summed E-state index contributed by atoms with van der Waals surface area (Å²) < 4.78 is 11.7. The van der Waals surface area contributed by atoms with Gasteiger partial charge in [-0.2, -0.15) is 0 Å². The molecule has 140 valence electrons. The molecule has 0 bridgehead atoms. The van der Waals surface area contributed by atoms with Crippen LogP contribution in [0.4, 0.5) is 5.69 Å². The lowest BCUT2D eigenvalue weighted by Gasteiger charge is -2.29. The number of piperazine rings is 1. The van der Waals surface area contributed by atoms with Gasteiger partial charge in [0.1, 0.15) is 17.1 Å². The largest absolute Gasteiger partial charge is 0.491 e. The maximum Gasteiger partial charge on any atom is 0.193 e. The zero-order chi connectivity index (χ0) is 18.8. The molecule has 1 N–H and O–H groups in total. The highest BCUT2D eigenvalue weighted by Crippen LogP contribution is 2.27. The summed E-state index contributed by atoms with van der Waals surface area (Å²) in [5.41, 5.74) is 2.51. The maximum atomic E-state index is 12.7. The highest BCUT2D eigenvalue weighted by molar-refractivity contribution is 5.82. The van der Waals surface area contributed by atoms with E-state index in [0.717, 1.165) is 43.2 Å². The van der Waals surface area contributed by atoms with Crippen molar-refractivity contribution in [3.05, 3.63) is 58.8 Å². The SMILES string of the molecule is CC(C)Oc1ccc(-c2cc(=O)c3cc(N4CCNCC4)ccc3o2)cc1. The second-order valence-corrected chi connectivity index (χ2v) is 7.08. The van der Waals surface area contributed by atoms with Crippen molar-refractivity contribution in [1.29, 1.82) is 0 Å². The minimum absolute atomic E-state index is 0.0225. The van der Waals surface area contributed by atoms with Gasteiger partial charge in [0.05, 0.1) is 11.5 Å². The van der Waals surface area contributed by atoms with Crippen LogP contribution >= 0.6 is 0 Å². The number of anilines is 1. The van der Waals surface area contributed by atoms with Gasteiger partial charge in [-0.1, -0.05) is 0 Å². The number of nitrogens with zero attached hydrogens (tertiary/aromatic N) is 1. The summed E-state index contributed by atoms with van der Waals surface area (Å²) in [6.45, 7) is 7.79. The van der Waals surface area contributed by atoms with Crippen molar-refractivity contribution < 1.29 is 9.15 Å². The fourth-order valence-corrected chi connectivity index (χ4v) is 3.38. The molecule has 4 rings (SSSR count). The Morgan fingerprint density at radius 3 is 2.48 bits per heavy atom. The van der Waals surface area contributed by atoms with Gasteiger partial charge in [-0.15, -0.1) is 0 Å². The molecule has 0 saturated carbocycles. The smallest absolute Gasteiger partial charge is 0.193 e. The quantitative estimate of drug-likeness (QED) is 0.766. The van der Waals surface area contributed by atoms with Gasteiger partial charge in [-0.05, 0) is 56.3 Å². The van der Waals surface area contributed by atoms with Crippen LogP contribution in [0.1, 0.15) is 13.8 Å². The molecule has 0 unspecified atom stereocenters. The Labute approximate surface area is 158 Å². The third-order valence-electron chi connectivity index (χ3n) is 4.70. The summed E-state index contributed by atoms with van der Waals surface area (Å²) in [5, 5.41) is 3.96. The average Bonchev–Trinajstić information content (AvgIpc) is 2.68. The Kier molecular flexibility index (Phi) is 4.86. The van der Waals surface area contributed by atoms with Crippen LogP contribution in [0.3, 0.4) is 0 Å². The van der Waals surface area contributed by atoms with E-state index in [1.54, 1.807) is 6.07 Å². The van der Waals surface area contributed by atoms with E-state index < -0.39 is 0 Å². The average molecular weight is 364 g/mol. The van der Waals surface area contributed by atoms with E-state index in [4.69, 9.17) is 9.15 Å². The van der Waals surface area contributed by atoms with E-state index in [1.807, 2.05) is 56.3 Å². The zero-order valence-electron chi connectivity index (χ0n) is 15.7. The zero-order valence-corrected chi connectivity index (χ0v) is 15.7. The predicted octanol–water partition coefficient (Wildman–Crippen LogP) is 3.66. The molecule has 27 heavy (non-hydrogen) atoms. The van der Waals surface area contributed by atoms with Crippen molar-refractivity contribution in [2.75, 3.05) is 31.1 Å². The Morgan fingerprint density at radius 2 is 1.78 bits per heavy atom. The highest BCUT2D eigenvalue weighted by atomic mass is 16.5. The first-order valence-electron chi connectivity index (χ1n) is 9.41. The second kappa shape index (κ2) is 7.45. The molecule has 0 amide bonds. The summed E-state index contributed by atoms with van der Waals surface area (Å²) in [5.74, 6) is 1.37. The van der Waals surface area contributed by atoms with Crippen molar-refractivity contribution in [3.8, 4) is 17.1 Å². The second-order valence-electron chi connectivity index (χ2n) is 7.08. The van der Waals surface area contributed by atoms with Crippen LogP contribution in [0.25, 0.3) is 22.3 Å². The molecule has 1 aliphatic heterocycles. The molecular weight excluding hydrogens is 340 g/mol. The van der Waals surface area contributed by atoms with Gasteiger partial charge in [0.15, 0.2) is 5.43 Å². The molecule has 0 atom stereocenters. The number of rotatable bonds is 4. The van der Waals surface area contributed by atoms with E-state index in [0.29, 0.717) is 16.7 Å². The number of fused-ring (bicyclic) bond motifs is 1. The van der Waals surface area contributed by atoms with Crippen molar-refractivity contribution in [1.82, 2.24) is 5.32 Å². The molecule has 0 radical (unpaired) electrons. The lowest BCUT2D eigenvalue weighted by Crippen LogP contribution is -2.43. The Hall–Kier alpha value is -2.79. The number of nitrogens with one attached hydrogen (secondary N) is 1. The molecule has 3 aromatic rings. The van der Waals surface area contributed by atoms with Crippen LogP contribution in [0, 0.1) is 0 Å². The summed E-state index contributed by atoms with van der Waals surface area (Å²) in [6.07, 6.45) is 0.124. The van der Waals surface area contributed by atoms with Crippen molar-refractivity contribution in [2.45, 2.75) is 20.0 Å². The van der Waals surface area contributed by atoms with Crippen LogP contribution < -0.4 is 20.4 Å². The van der Waals surface area contributed by atoms with Crippen molar-refractivity contribution in [3.63, 3.8) is 0 Å². The van der Waals surface area contributed by atoms with Gasteiger partial charge in [0.2, 0.25) is 0 Å². The van der Waals surface area contributed by atoms with Gasteiger partial charge in [-0.3, -0.25) is 4.79 Å². The normalized spacial score (nSPS) is 14.7. The van der Waals surface area contributed by atoms with Crippen LogP contribution in [0.5, 0.6) is 5.75 Å². The van der Waals surface area contributed by atoms with E-state index in [2.05, 4.69) is 10.2 Å². The maximum absolute atomic E-state index is 12.7. The summed E-state index contributed by atoms with van der Waals surface area (Å²) in [4.78, 5) is 15.0. The highest BCUT2D eigenvalue weighted by Gasteiger charge is 2.13. The lowest BCUT2D eigenvalue weighted by atomic mass is 10.1. The van der Waals surface area contributed by atoms with Crippen LogP contribution in [-0.2, 0) is 0 Å². The minimum Gasteiger partial charge on any atom is -0.491 e. The number of hydrogen-bond donors (Lipinski definition) is 1. The monoisotopic (exact) mass is 364 g/mol. The van der Waals surface area contributed by atoms with Gasteiger partial charge in [0, 0.05) is 43.5 Å². The van der Waals surface area contributed by atoms with Crippen LogP contribution in [0.15, 0.2) is 57.7 Å². The van der Waals surface area contributed by atoms with E-state index >= 15 is 0 Å². The number of hydrogen-bond acceptors (Lipinski definition) is 5. The van der Waals surface area contributed by atoms with Gasteiger partial charge in [-0.25, -0.2) is 0 Å². The Bertz CT molecular complexity index is 987. The molecule has 5 nitrogen and oxygen atoms in total. The first-order chi connectivity index (χ1) is 13.1. The molecule has 1 aliphatic rings. The van der Waals surface area contributed by atoms with Gasteiger partial charge in [0.25, 0.3) is 0 Å². The molecule has 1 aromatic heterocycles. The number of benzene rings is 2. The van der Waals surface area contributed by atoms with Crippen molar-refractivity contribution in [2.24, 2.45) is 0 Å². The fraction of sp³-hybridized carbons (Fsp3) is 0.318. The van der Waals surface area contributed by atoms with E-state index in [1.165, 1.54) is 0 Å². The lowest BCUT2D eigenvalue weighted by molar-refractivity contribution is 0.242. The van der Waals surface area contributed by atoms with E-state index in [9.17, 15) is 4.79 Å². The Balaban J connectivity index is 1.66. The molecule has 5 heteroatoms. The Morgan fingerprint density at radius 1 is 1.04 bits per heavy atom. The standard InChI is InChI=1S/C22H24N2O3/c1-15(2)26-18-6-3-16(4-7-18)22-14-20(25)19-13-17(5-8-21(19)27-22)24-11-9-23-10-12-24/h3-8,13-15,23H,9-12H2,1-2H3. The number of ether oxygens (including phenoxy) is 1. The first kappa shape index (κ1) is 17.6. The molecule has 1 saturated heterocycles. The van der Waals surface area contributed by atoms with Crippen LogP contribution in [-0.4, -0.2) is 32.3 Å². The summed E-state index contributed by atoms with van der Waals surface area (Å²) >= 11 is 0. The molecule has 2 aromatic carbocycles.